The van der Waals surface area contributed by atoms with Crippen LogP contribution >= 0.6 is 0 Å². The predicted molar refractivity (Wildman–Crippen MR) is 67.5 cm³/mol. The molecule has 1 amide bonds. The van der Waals surface area contributed by atoms with Crippen LogP contribution in [0.25, 0.3) is 0 Å². The summed E-state index contributed by atoms with van der Waals surface area (Å²) in [7, 11) is 0. The second-order valence-electron chi connectivity index (χ2n) is 5.64. The number of Topliss-reactive ketones (excluding diaryl/α,β-unsaturated/α-hetero) is 1. The van der Waals surface area contributed by atoms with Gasteiger partial charge in [0.05, 0.1) is 19.3 Å². The van der Waals surface area contributed by atoms with E-state index in [0.29, 0.717) is 32.6 Å². The highest BCUT2D eigenvalue weighted by Crippen LogP contribution is 2.17. The second-order valence-corrected chi connectivity index (χ2v) is 5.64. The topological polar surface area (TPSA) is 55.8 Å². The van der Waals surface area contributed by atoms with Crippen molar-refractivity contribution in [3.8, 4) is 0 Å². The number of morpholine rings is 1. The normalized spacial score (nSPS) is 20.7. The lowest BCUT2D eigenvalue weighted by molar-refractivity contribution is -0.117. The SMILES string of the molecule is CC(=O)CCC1COCCN1C(=O)OC(C)(C)C. The van der Waals surface area contributed by atoms with Crippen LogP contribution in [0.2, 0.25) is 0 Å². The highest BCUT2D eigenvalue weighted by molar-refractivity contribution is 5.75. The van der Waals surface area contributed by atoms with E-state index in [0.717, 1.165) is 0 Å². The minimum Gasteiger partial charge on any atom is -0.444 e. The largest absolute Gasteiger partial charge is 0.444 e. The standard InChI is InChI=1S/C13H23NO4/c1-10(15)5-6-11-9-17-8-7-14(11)12(16)18-13(2,3)4/h11H,5-9H2,1-4H3. The minimum atomic E-state index is -0.499. The molecular weight excluding hydrogens is 234 g/mol. The highest BCUT2D eigenvalue weighted by Gasteiger charge is 2.30. The first-order chi connectivity index (χ1) is 8.29. The fourth-order valence-corrected chi connectivity index (χ4v) is 1.82. The Labute approximate surface area is 108 Å². The van der Waals surface area contributed by atoms with Crippen LogP contribution in [0.3, 0.4) is 0 Å². The summed E-state index contributed by atoms with van der Waals surface area (Å²) in [6, 6.07) is -0.0579. The van der Waals surface area contributed by atoms with Crippen molar-refractivity contribution in [2.45, 2.75) is 52.2 Å². The lowest BCUT2D eigenvalue weighted by Crippen LogP contribution is -2.50. The molecule has 0 aromatic heterocycles. The summed E-state index contributed by atoms with van der Waals surface area (Å²) in [4.78, 5) is 24.7. The number of rotatable bonds is 3. The van der Waals surface area contributed by atoms with Crippen LogP contribution < -0.4 is 0 Å². The van der Waals surface area contributed by atoms with Crippen LogP contribution in [-0.4, -0.2) is 48.2 Å². The van der Waals surface area contributed by atoms with E-state index in [4.69, 9.17) is 9.47 Å². The van der Waals surface area contributed by atoms with Crippen LogP contribution in [0.1, 0.15) is 40.5 Å². The third kappa shape index (κ3) is 5.04. The number of hydrogen-bond donors (Lipinski definition) is 0. The number of carbonyl (C=O) groups excluding carboxylic acids is 2. The first-order valence-electron chi connectivity index (χ1n) is 6.36. The average molecular weight is 257 g/mol. The van der Waals surface area contributed by atoms with Gasteiger partial charge >= 0.3 is 6.09 Å². The molecular formula is C13H23NO4. The van der Waals surface area contributed by atoms with Crippen LogP contribution in [0.4, 0.5) is 4.79 Å². The molecule has 0 spiro atoms. The second kappa shape index (κ2) is 6.18. The molecule has 0 aliphatic carbocycles. The van der Waals surface area contributed by atoms with Gasteiger partial charge in [-0.2, -0.15) is 0 Å². The molecule has 0 aromatic rings. The Morgan fingerprint density at radius 1 is 1.39 bits per heavy atom. The minimum absolute atomic E-state index is 0.0579. The third-order valence-electron chi connectivity index (χ3n) is 2.69. The van der Waals surface area contributed by atoms with Gasteiger partial charge in [0.1, 0.15) is 11.4 Å². The maximum absolute atomic E-state index is 12.0. The molecule has 104 valence electrons. The summed E-state index contributed by atoms with van der Waals surface area (Å²) in [5.41, 5.74) is -0.499. The summed E-state index contributed by atoms with van der Waals surface area (Å²) in [5.74, 6) is 0.129. The predicted octanol–water partition coefficient (Wildman–Crippen LogP) is 1.99. The van der Waals surface area contributed by atoms with Gasteiger partial charge in [-0.1, -0.05) is 0 Å². The highest BCUT2D eigenvalue weighted by atomic mass is 16.6. The van der Waals surface area contributed by atoms with Crippen molar-refractivity contribution in [2.75, 3.05) is 19.8 Å². The molecule has 5 heteroatoms. The Kier molecular flexibility index (Phi) is 5.14. The van der Waals surface area contributed by atoms with E-state index in [-0.39, 0.29) is 17.9 Å². The summed E-state index contributed by atoms with van der Waals surface area (Å²) in [6.07, 6.45) is 0.779. The summed E-state index contributed by atoms with van der Waals surface area (Å²) >= 11 is 0. The van der Waals surface area contributed by atoms with Gasteiger partial charge in [-0.05, 0) is 34.1 Å². The van der Waals surface area contributed by atoms with Crippen molar-refractivity contribution < 1.29 is 19.1 Å². The average Bonchev–Trinajstić information content (AvgIpc) is 2.24. The zero-order valence-electron chi connectivity index (χ0n) is 11.7. The Morgan fingerprint density at radius 2 is 2.06 bits per heavy atom. The number of ketones is 1. The number of amides is 1. The zero-order chi connectivity index (χ0) is 13.8. The number of carbonyl (C=O) groups is 2. The van der Waals surface area contributed by atoms with E-state index < -0.39 is 5.60 Å². The van der Waals surface area contributed by atoms with Crippen molar-refractivity contribution >= 4 is 11.9 Å². The van der Waals surface area contributed by atoms with E-state index in [2.05, 4.69) is 0 Å². The van der Waals surface area contributed by atoms with Gasteiger partial charge in [-0.3, -0.25) is 0 Å². The Bertz CT molecular complexity index is 309. The van der Waals surface area contributed by atoms with E-state index in [1.807, 2.05) is 20.8 Å². The van der Waals surface area contributed by atoms with Crippen molar-refractivity contribution in [1.29, 1.82) is 0 Å². The van der Waals surface area contributed by atoms with Crippen LogP contribution in [0.5, 0.6) is 0 Å². The molecule has 1 aliphatic rings. The van der Waals surface area contributed by atoms with Gasteiger partial charge in [0.2, 0.25) is 0 Å². The van der Waals surface area contributed by atoms with E-state index in [1.165, 1.54) is 0 Å². The molecule has 1 saturated heterocycles. The number of ether oxygens (including phenoxy) is 2. The van der Waals surface area contributed by atoms with Crippen molar-refractivity contribution in [3.63, 3.8) is 0 Å². The smallest absolute Gasteiger partial charge is 0.410 e. The quantitative estimate of drug-likeness (QED) is 0.776. The van der Waals surface area contributed by atoms with Gasteiger partial charge in [0, 0.05) is 13.0 Å². The van der Waals surface area contributed by atoms with Gasteiger partial charge in [-0.25, -0.2) is 4.79 Å². The van der Waals surface area contributed by atoms with Crippen LogP contribution in [0, 0.1) is 0 Å². The molecule has 18 heavy (non-hydrogen) atoms. The molecule has 1 unspecified atom stereocenters. The Hall–Kier alpha value is -1.10. The summed E-state index contributed by atoms with van der Waals surface area (Å²) in [6.45, 7) is 8.61. The van der Waals surface area contributed by atoms with Crippen molar-refractivity contribution in [3.05, 3.63) is 0 Å². The molecule has 1 rings (SSSR count). The van der Waals surface area contributed by atoms with Gasteiger partial charge in [-0.15, -0.1) is 0 Å². The van der Waals surface area contributed by atoms with E-state index in [1.54, 1.807) is 11.8 Å². The van der Waals surface area contributed by atoms with E-state index in [9.17, 15) is 9.59 Å². The molecule has 0 aromatic carbocycles. The molecule has 0 radical (unpaired) electrons. The Morgan fingerprint density at radius 3 is 2.61 bits per heavy atom. The first-order valence-corrected chi connectivity index (χ1v) is 6.36. The van der Waals surface area contributed by atoms with Gasteiger partial charge in [0.15, 0.2) is 0 Å². The fraction of sp³-hybridized carbons (Fsp3) is 0.846. The maximum atomic E-state index is 12.0. The summed E-state index contributed by atoms with van der Waals surface area (Å²) in [5, 5.41) is 0. The lowest BCUT2D eigenvalue weighted by Gasteiger charge is -2.36. The molecule has 0 saturated carbocycles. The third-order valence-corrected chi connectivity index (χ3v) is 2.69. The molecule has 0 bridgehead atoms. The number of nitrogens with zero attached hydrogens (tertiary/aromatic N) is 1. The first kappa shape index (κ1) is 15.0. The molecule has 1 heterocycles. The van der Waals surface area contributed by atoms with Crippen molar-refractivity contribution in [2.24, 2.45) is 0 Å². The molecule has 1 fully saturated rings. The molecule has 0 N–H and O–H groups in total. The monoisotopic (exact) mass is 257 g/mol. The maximum Gasteiger partial charge on any atom is 0.410 e. The summed E-state index contributed by atoms with van der Waals surface area (Å²) < 4.78 is 10.7. The molecule has 5 nitrogen and oxygen atoms in total. The van der Waals surface area contributed by atoms with E-state index >= 15 is 0 Å². The zero-order valence-corrected chi connectivity index (χ0v) is 11.7. The van der Waals surface area contributed by atoms with Crippen molar-refractivity contribution in [1.82, 2.24) is 4.90 Å². The lowest BCUT2D eigenvalue weighted by atomic mass is 10.1. The number of hydrogen-bond acceptors (Lipinski definition) is 4. The molecule has 1 atom stereocenters. The van der Waals surface area contributed by atoms with Gasteiger partial charge in [0.25, 0.3) is 0 Å². The van der Waals surface area contributed by atoms with Crippen LogP contribution in [0.15, 0.2) is 0 Å². The Balaban J connectivity index is 2.58. The van der Waals surface area contributed by atoms with Gasteiger partial charge < -0.3 is 19.2 Å². The molecule has 1 aliphatic heterocycles. The van der Waals surface area contributed by atoms with Crippen LogP contribution in [-0.2, 0) is 14.3 Å². The fourth-order valence-electron chi connectivity index (χ4n) is 1.82.